The lowest BCUT2D eigenvalue weighted by Gasteiger charge is -2.33. The number of para-hydroxylation sites is 2. The van der Waals surface area contributed by atoms with Gasteiger partial charge in [0.1, 0.15) is 5.82 Å². The molecule has 0 fully saturated rings. The predicted octanol–water partition coefficient (Wildman–Crippen LogP) is 5.98. The number of hydrogen-bond acceptors (Lipinski definition) is 2. The van der Waals surface area contributed by atoms with E-state index >= 15 is 0 Å². The lowest BCUT2D eigenvalue weighted by Crippen LogP contribution is -2.27. The second kappa shape index (κ2) is 6.39. The minimum Gasteiger partial charge on any atom is -0.349 e. The standard InChI is InChI=1S/C22H17ClFN3/c23-15-11-9-14(10-12-15)19-13-21(16-5-1-2-6-17(16)24)27-20-8-4-3-7-18(20)25-22(27)26-19/h1-12,19,21H,13H2,(H,25,26)/t19-,21+/m1/s1. The molecule has 0 radical (unpaired) electrons. The minimum absolute atomic E-state index is 0.0242. The van der Waals surface area contributed by atoms with Crippen molar-refractivity contribution in [3.05, 3.63) is 94.8 Å². The van der Waals surface area contributed by atoms with E-state index in [9.17, 15) is 4.39 Å². The van der Waals surface area contributed by atoms with Crippen molar-refractivity contribution in [1.29, 1.82) is 0 Å². The van der Waals surface area contributed by atoms with Crippen LogP contribution in [0.1, 0.15) is 29.6 Å². The van der Waals surface area contributed by atoms with Gasteiger partial charge in [-0.2, -0.15) is 0 Å². The minimum atomic E-state index is -0.192. The molecule has 3 nitrogen and oxygen atoms in total. The van der Waals surface area contributed by atoms with Crippen LogP contribution in [0.2, 0.25) is 5.02 Å². The maximum Gasteiger partial charge on any atom is 0.204 e. The van der Waals surface area contributed by atoms with Gasteiger partial charge in [-0.05, 0) is 42.3 Å². The molecule has 2 heterocycles. The summed E-state index contributed by atoms with van der Waals surface area (Å²) in [6, 6.07) is 22.6. The van der Waals surface area contributed by atoms with Crippen molar-refractivity contribution in [3.63, 3.8) is 0 Å². The van der Waals surface area contributed by atoms with Gasteiger partial charge in [0.05, 0.1) is 23.1 Å². The fraction of sp³-hybridized carbons (Fsp3) is 0.136. The van der Waals surface area contributed by atoms with Gasteiger partial charge in [-0.1, -0.05) is 54.1 Å². The highest BCUT2D eigenvalue weighted by atomic mass is 35.5. The topological polar surface area (TPSA) is 29.9 Å². The van der Waals surface area contributed by atoms with Crippen LogP contribution >= 0.6 is 11.6 Å². The zero-order chi connectivity index (χ0) is 18.4. The Hall–Kier alpha value is -2.85. The summed E-state index contributed by atoms with van der Waals surface area (Å²) < 4.78 is 16.8. The van der Waals surface area contributed by atoms with Crippen LogP contribution in [0.5, 0.6) is 0 Å². The number of benzene rings is 3. The van der Waals surface area contributed by atoms with Crippen LogP contribution < -0.4 is 5.32 Å². The smallest absolute Gasteiger partial charge is 0.204 e. The summed E-state index contributed by atoms with van der Waals surface area (Å²) in [4.78, 5) is 4.76. The Morgan fingerprint density at radius 3 is 2.52 bits per heavy atom. The maximum atomic E-state index is 14.7. The van der Waals surface area contributed by atoms with Crippen LogP contribution in [0.3, 0.4) is 0 Å². The molecular formula is C22H17ClFN3. The van der Waals surface area contributed by atoms with Crippen molar-refractivity contribution in [3.8, 4) is 0 Å². The summed E-state index contributed by atoms with van der Waals surface area (Å²) in [5.41, 5.74) is 3.70. The van der Waals surface area contributed by atoms with Crippen molar-refractivity contribution in [2.24, 2.45) is 0 Å². The van der Waals surface area contributed by atoms with Crippen molar-refractivity contribution < 1.29 is 4.39 Å². The molecule has 5 rings (SSSR count). The molecule has 1 aliphatic rings. The molecule has 0 unspecified atom stereocenters. The SMILES string of the molecule is Fc1ccccc1[C@@H]1C[C@H](c2ccc(Cl)cc2)Nc2nc3ccccc3n21. The van der Waals surface area contributed by atoms with E-state index in [0.717, 1.165) is 29.0 Å². The molecule has 0 spiro atoms. The first-order valence-corrected chi connectivity index (χ1v) is 9.32. The summed E-state index contributed by atoms with van der Waals surface area (Å²) in [6.07, 6.45) is 0.718. The van der Waals surface area contributed by atoms with E-state index in [1.54, 1.807) is 6.07 Å². The lowest BCUT2D eigenvalue weighted by atomic mass is 9.92. The average molecular weight is 378 g/mol. The number of hydrogen-bond donors (Lipinski definition) is 1. The van der Waals surface area contributed by atoms with Gasteiger partial charge >= 0.3 is 0 Å². The van der Waals surface area contributed by atoms with Gasteiger partial charge in [-0.3, -0.25) is 0 Å². The normalized spacial score (nSPS) is 18.9. The largest absolute Gasteiger partial charge is 0.349 e. The number of fused-ring (bicyclic) bond motifs is 3. The predicted molar refractivity (Wildman–Crippen MR) is 107 cm³/mol. The average Bonchev–Trinajstić information content (AvgIpc) is 3.07. The number of nitrogens with one attached hydrogen (secondary N) is 1. The molecule has 134 valence electrons. The molecular weight excluding hydrogens is 361 g/mol. The first kappa shape index (κ1) is 16.3. The Kier molecular flexibility index (Phi) is 3.87. The second-order valence-electron chi connectivity index (χ2n) is 6.82. The van der Waals surface area contributed by atoms with Gasteiger partial charge in [0.2, 0.25) is 5.95 Å². The van der Waals surface area contributed by atoms with Crippen molar-refractivity contribution in [2.45, 2.75) is 18.5 Å². The lowest BCUT2D eigenvalue weighted by molar-refractivity contribution is 0.457. The van der Waals surface area contributed by atoms with Gasteiger partial charge < -0.3 is 9.88 Å². The molecule has 1 aliphatic heterocycles. The number of aromatic nitrogens is 2. The van der Waals surface area contributed by atoms with Gasteiger partial charge in [0.25, 0.3) is 0 Å². The number of anilines is 1. The highest BCUT2D eigenvalue weighted by Crippen LogP contribution is 2.41. The monoisotopic (exact) mass is 377 g/mol. The number of rotatable bonds is 2. The first-order chi connectivity index (χ1) is 13.2. The van der Waals surface area contributed by atoms with Crippen LogP contribution in [0.15, 0.2) is 72.8 Å². The molecule has 27 heavy (non-hydrogen) atoms. The Morgan fingerprint density at radius 2 is 1.70 bits per heavy atom. The third kappa shape index (κ3) is 2.77. The van der Waals surface area contributed by atoms with Crippen LogP contribution in [-0.4, -0.2) is 9.55 Å². The Labute approximate surface area is 161 Å². The highest BCUT2D eigenvalue weighted by molar-refractivity contribution is 6.30. The number of imidazole rings is 1. The van der Waals surface area contributed by atoms with Crippen LogP contribution in [-0.2, 0) is 0 Å². The highest BCUT2D eigenvalue weighted by Gasteiger charge is 2.32. The van der Waals surface area contributed by atoms with Gasteiger partial charge in [-0.25, -0.2) is 9.37 Å². The van der Waals surface area contributed by atoms with Crippen LogP contribution in [0.25, 0.3) is 11.0 Å². The maximum absolute atomic E-state index is 14.7. The quantitative estimate of drug-likeness (QED) is 0.466. The fourth-order valence-corrected chi connectivity index (χ4v) is 4.06. The summed E-state index contributed by atoms with van der Waals surface area (Å²) in [5.74, 6) is 0.568. The third-order valence-electron chi connectivity index (χ3n) is 5.21. The summed E-state index contributed by atoms with van der Waals surface area (Å²) in [6.45, 7) is 0. The molecule has 3 aromatic carbocycles. The van der Waals surface area contributed by atoms with Crippen LogP contribution in [0, 0.1) is 5.82 Å². The molecule has 1 N–H and O–H groups in total. The zero-order valence-electron chi connectivity index (χ0n) is 14.4. The molecule has 5 heteroatoms. The number of nitrogens with zero attached hydrogens (tertiary/aromatic N) is 2. The van der Waals surface area contributed by atoms with Gasteiger partial charge in [0.15, 0.2) is 0 Å². The fourth-order valence-electron chi connectivity index (χ4n) is 3.93. The van der Waals surface area contributed by atoms with E-state index in [4.69, 9.17) is 16.6 Å². The Morgan fingerprint density at radius 1 is 0.963 bits per heavy atom. The summed E-state index contributed by atoms with van der Waals surface area (Å²) >= 11 is 6.04. The van der Waals surface area contributed by atoms with E-state index in [1.165, 1.54) is 6.07 Å². The summed E-state index contributed by atoms with van der Waals surface area (Å²) in [7, 11) is 0. The Bertz CT molecular complexity index is 1120. The molecule has 0 amide bonds. The zero-order valence-corrected chi connectivity index (χ0v) is 15.2. The molecule has 2 atom stereocenters. The van der Waals surface area contributed by atoms with Crippen molar-refractivity contribution >= 4 is 28.6 Å². The summed E-state index contributed by atoms with van der Waals surface area (Å²) in [5, 5.41) is 4.23. The third-order valence-corrected chi connectivity index (χ3v) is 5.46. The van der Waals surface area contributed by atoms with Gasteiger partial charge in [0, 0.05) is 10.6 Å². The van der Waals surface area contributed by atoms with Crippen molar-refractivity contribution in [2.75, 3.05) is 5.32 Å². The second-order valence-corrected chi connectivity index (χ2v) is 7.25. The van der Waals surface area contributed by atoms with Gasteiger partial charge in [-0.15, -0.1) is 0 Å². The number of halogens is 2. The van der Waals surface area contributed by atoms with Crippen molar-refractivity contribution in [1.82, 2.24) is 9.55 Å². The molecule has 0 aliphatic carbocycles. The molecule has 4 aromatic rings. The van der Waals surface area contributed by atoms with Crippen LogP contribution in [0.4, 0.5) is 10.3 Å². The molecule has 0 bridgehead atoms. The van der Waals surface area contributed by atoms with E-state index in [0.29, 0.717) is 10.6 Å². The molecule has 0 saturated heterocycles. The van der Waals surface area contributed by atoms with E-state index < -0.39 is 0 Å². The van der Waals surface area contributed by atoms with E-state index in [2.05, 4.69) is 9.88 Å². The molecule has 0 saturated carbocycles. The first-order valence-electron chi connectivity index (χ1n) is 8.94. The van der Waals surface area contributed by atoms with E-state index in [-0.39, 0.29) is 17.9 Å². The van der Waals surface area contributed by atoms with E-state index in [1.807, 2.05) is 60.7 Å². The molecule has 1 aromatic heterocycles. The Balaban J connectivity index is 1.68.